The molecule has 1 aromatic rings. The zero-order chi connectivity index (χ0) is 15.3. The number of carbonyl (C=O) groups excluding carboxylic acids is 1. The summed E-state index contributed by atoms with van der Waals surface area (Å²) in [6, 6.07) is 6.39. The fourth-order valence-electron chi connectivity index (χ4n) is 3.14. The van der Waals surface area contributed by atoms with Crippen molar-refractivity contribution in [1.29, 1.82) is 0 Å². The standard InChI is InChI=1S/C17H24FNO2/c1-2-15(20)8-11-19-16(21)17(9-3-4-10-17)13-6-5-7-14(18)12-13/h5-7,12,15,20H,2-4,8-11H2,1H3,(H,19,21). The molecular formula is C17H24FNO2. The van der Waals surface area contributed by atoms with E-state index in [1.165, 1.54) is 12.1 Å². The van der Waals surface area contributed by atoms with Crippen molar-refractivity contribution in [3.8, 4) is 0 Å². The summed E-state index contributed by atoms with van der Waals surface area (Å²) in [6.07, 6.45) is 4.37. The third kappa shape index (κ3) is 3.62. The maximum Gasteiger partial charge on any atom is 0.230 e. The number of aliphatic hydroxyl groups is 1. The number of hydrogen-bond acceptors (Lipinski definition) is 2. The first kappa shape index (κ1) is 16.0. The molecule has 2 rings (SSSR count). The quantitative estimate of drug-likeness (QED) is 0.847. The largest absolute Gasteiger partial charge is 0.393 e. The molecule has 0 spiro atoms. The molecule has 1 aliphatic carbocycles. The zero-order valence-electron chi connectivity index (χ0n) is 12.6. The first-order valence-corrected chi connectivity index (χ1v) is 7.81. The Labute approximate surface area is 125 Å². The molecule has 0 heterocycles. The Kier molecular flexibility index (Phi) is 5.34. The zero-order valence-corrected chi connectivity index (χ0v) is 12.6. The number of benzene rings is 1. The van der Waals surface area contributed by atoms with Gasteiger partial charge in [0.25, 0.3) is 0 Å². The highest BCUT2D eigenvalue weighted by Gasteiger charge is 2.42. The average molecular weight is 293 g/mol. The molecule has 2 N–H and O–H groups in total. The monoisotopic (exact) mass is 293 g/mol. The van der Waals surface area contributed by atoms with Gasteiger partial charge in [-0.2, -0.15) is 0 Å². The molecule has 3 nitrogen and oxygen atoms in total. The molecule has 1 fully saturated rings. The van der Waals surface area contributed by atoms with Crippen LogP contribution in [0.25, 0.3) is 0 Å². The van der Waals surface area contributed by atoms with Crippen LogP contribution in [0.4, 0.5) is 4.39 Å². The molecule has 1 aliphatic rings. The molecule has 4 heteroatoms. The molecule has 0 bridgehead atoms. The fourth-order valence-corrected chi connectivity index (χ4v) is 3.14. The lowest BCUT2D eigenvalue weighted by Gasteiger charge is -2.28. The minimum atomic E-state index is -0.598. The van der Waals surface area contributed by atoms with Gasteiger partial charge in [-0.15, -0.1) is 0 Å². The van der Waals surface area contributed by atoms with Crippen LogP contribution in [0.1, 0.15) is 51.0 Å². The lowest BCUT2D eigenvalue weighted by molar-refractivity contribution is -0.126. The van der Waals surface area contributed by atoms with E-state index in [0.29, 0.717) is 19.4 Å². The van der Waals surface area contributed by atoms with E-state index in [2.05, 4.69) is 5.32 Å². The predicted molar refractivity (Wildman–Crippen MR) is 80.5 cm³/mol. The number of rotatable bonds is 6. The highest BCUT2D eigenvalue weighted by molar-refractivity contribution is 5.88. The van der Waals surface area contributed by atoms with Gasteiger partial charge in [-0.1, -0.05) is 31.9 Å². The highest BCUT2D eigenvalue weighted by atomic mass is 19.1. The minimum Gasteiger partial charge on any atom is -0.393 e. The molecule has 1 amide bonds. The summed E-state index contributed by atoms with van der Waals surface area (Å²) in [5.41, 5.74) is 0.174. The molecule has 116 valence electrons. The summed E-state index contributed by atoms with van der Waals surface area (Å²) >= 11 is 0. The van der Waals surface area contributed by atoms with Gasteiger partial charge in [0.15, 0.2) is 0 Å². The molecule has 1 unspecified atom stereocenters. The second kappa shape index (κ2) is 7.03. The van der Waals surface area contributed by atoms with Crippen LogP contribution in [-0.4, -0.2) is 23.7 Å². The van der Waals surface area contributed by atoms with Crippen LogP contribution in [0.3, 0.4) is 0 Å². The minimum absolute atomic E-state index is 0.0334. The molecule has 0 aliphatic heterocycles. The maximum absolute atomic E-state index is 13.5. The van der Waals surface area contributed by atoms with Gasteiger partial charge < -0.3 is 10.4 Å². The van der Waals surface area contributed by atoms with Gasteiger partial charge in [0.2, 0.25) is 5.91 Å². The molecule has 21 heavy (non-hydrogen) atoms. The van der Waals surface area contributed by atoms with E-state index >= 15 is 0 Å². The SMILES string of the molecule is CCC(O)CCNC(=O)C1(c2cccc(F)c2)CCCC1. The number of nitrogens with one attached hydrogen (secondary N) is 1. The van der Waals surface area contributed by atoms with E-state index in [0.717, 1.165) is 31.2 Å². The summed E-state index contributed by atoms with van der Waals surface area (Å²) in [7, 11) is 0. The van der Waals surface area contributed by atoms with Crippen molar-refractivity contribution in [2.75, 3.05) is 6.54 Å². The Bertz CT molecular complexity index is 483. The molecule has 1 aromatic carbocycles. The lowest BCUT2D eigenvalue weighted by Crippen LogP contribution is -2.43. The van der Waals surface area contributed by atoms with Crippen molar-refractivity contribution in [2.24, 2.45) is 0 Å². The van der Waals surface area contributed by atoms with Gasteiger partial charge in [0, 0.05) is 6.54 Å². The molecule has 0 saturated heterocycles. The first-order valence-electron chi connectivity index (χ1n) is 7.81. The smallest absolute Gasteiger partial charge is 0.230 e. The maximum atomic E-state index is 13.5. The van der Waals surface area contributed by atoms with Gasteiger partial charge in [0.05, 0.1) is 11.5 Å². The first-order chi connectivity index (χ1) is 10.1. The fraction of sp³-hybridized carbons (Fsp3) is 0.588. The van der Waals surface area contributed by atoms with Gasteiger partial charge in [-0.3, -0.25) is 4.79 Å². The van der Waals surface area contributed by atoms with Crippen molar-refractivity contribution in [3.63, 3.8) is 0 Å². The van der Waals surface area contributed by atoms with Crippen molar-refractivity contribution in [2.45, 2.75) is 57.0 Å². The molecule has 1 saturated carbocycles. The number of hydrogen-bond donors (Lipinski definition) is 2. The van der Waals surface area contributed by atoms with E-state index in [4.69, 9.17) is 0 Å². The van der Waals surface area contributed by atoms with E-state index in [9.17, 15) is 14.3 Å². The predicted octanol–water partition coefficient (Wildman–Crippen LogP) is 2.91. The Balaban J connectivity index is 2.09. The van der Waals surface area contributed by atoms with Crippen LogP contribution in [0.5, 0.6) is 0 Å². The Morgan fingerprint density at radius 3 is 2.76 bits per heavy atom. The van der Waals surface area contributed by atoms with Crippen LogP contribution in [0.2, 0.25) is 0 Å². The normalized spacial score (nSPS) is 18.4. The Morgan fingerprint density at radius 2 is 2.14 bits per heavy atom. The van der Waals surface area contributed by atoms with Gasteiger partial charge in [-0.25, -0.2) is 4.39 Å². The van der Waals surface area contributed by atoms with Crippen molar-refractivity contribution in [1.82, 2.24) is 5.32 Å². The average Bonchev–Trinajstić information content (AvgIpc) is 2.97. The third-order valence-corrected chi connectivity index (χ3v) is 4.50. The summed E-state index contributed by atoms with van der Waals surface area (Å²) in [5, 5.41) is 12.5. The number of amides is 1. The Hall–Kier alpha value is -1.42. The van der Waals surface area contributed by atoms with Gasteiger partial charge in [0.1, 0.15) is 5.82 Å². The van der Waals surface area contributed by atoms with Crippen molar-refractivity contribution >= 4 is 5.91 Å². The lowest BCUT2D eigenvalue weighted by atomic mass is 9.78. The summed E-state index contributed by atoms with van der Waals surface area (Å²) in [6.45, 7) is 2.38. The second-order valence-electron chi connectivity index (χ2n) is 5.91. The van der Waals surface area contributed by atoms with E-state index in [-0.39, 0.29) is 17.8 Å². The molecular weight excluding hydrogens is 269 g/mol. The molecule has 1 atom stereocenters. The van der Waals surface area contributed by atoms with Crippen LogP contribution < -0.4 is 5.32 Å². The van der Waals surface area contributed by atoms with Crippen LogP contribution >= 0.6 is 0 Å². The summed E-state index contributed by atoms with van der Waals surface area (Å²) in [4.78, 5) is 12.6. The summed E-state index contributed by atoms with van der Waals surface area (Å²) in [5.74, 6) is -0.332. The molecule has 0 aromatic heterocycles. The second-order valence-corrected chi connectivity index (χ2v) is 5.91. The Morgan fingerprint density at radius 1 is 1.43 bits per heavy atom. The molecule has 0 radical (unpaired) electrons. The summed E-state index contributed by atoms with van der Waals surface area (Å²) < 4.78 is 13.5. The van der Waals surface area contributed by atoms with Crippen LogP contribution in [0, 0.1) is 5.82 Å². The van der Waals surface area contributed by atoms with E-state index in [1.54, 1.807) is 6.07 Å². The van der Waals surface area contributed by atoms with Crippen molar-refractivity contribution < 1.29 is 14.3 Å². The number of halogens is 1. The van der Waals surface area contributed by atoms with E-state index in [1.807, 2.05) is 13.0 Å². The highest BCUT2D eigenvalue weighted by Crippen LogP contribution is 2.41. The number of carbonyl (C=O) groups is 1. The van der Waals surface area contributed by atoms with Gasteiger partial charge >= 0.3 is 0 Å². The van der Waals surface area contributed by atoms with Crippen molar-refractivity contribution in [3.05, 3.63) is 35.6 Å². The van der Waals surface area contributed by atoms with Gasteiger partial charge in [-0.05, 0) is 43.4 Å². The topological polar surface area (TPSA) is 49.3 Å². The third-order valence-electron chi connectivity index (χ3n) is 4.50. The van der Waals surface area contributed by atoms with Crippen LogP contribution in [-0.2, 0) is 10.2 Å². The van der Waals surface area contributed by atoms with Crippen LogP contribution in [0.15, 0.2) is 24.3 Å². The van der Waals surface area contributed by atoms with E-state index < -0.39 is 5.41 Å². The number of aliphatic hydroxyl groups excluding tert-OH is 1.